The van der Waals surface area contributed by atoms with E-state index in [0.29, 0.717) is 12.4 Å². The summed E-state index contributed by atoms with van der Waals surface area (Å²) in [7, 11) is 0. The fourth-order valence-electron chi connectivity index (χ4n) is 1.38. The molecule has 1 aliphatic rings. The van der Waals surface area contributed by atoms with Gasteiger partial charge in [0.05, 0.1) is 6.61 Å². The molecule has 1 aliphatic heterocycles. The smallest absolute Gasteiger partial charge is 0.330 e. The molecule has 1 aromatic rings. The Labute approximate surface area is 93.4 Å². The number of benzene rings is 1. The molecule has 1 heterocycles. The molecule has 0 aromatic heterocycles. The molecule has 0 saturated carbocycles. The number of hydrogen-bond donors (Lipinski definition) is 0. The first kappa shape index (κ1) is 10.5. The van der Waals surface area contributed by atoms with E-state index in [0.717, 1.165) is 11.3 Å². The lowest BCUT2D eigenvalue weighted by molar-refractivity contribution is -0.137. The van der Waals surface area contributed by atoms with E-state index in [-0.39, 0.29) is 12.8 Å². The van der Waals surface area contributed by atoms with Gasteiger partial charge in [-0.05, 0) is 25.1 Å². The molecule has 0 N–H and O–H groups in total. The highest BCUT2D eigenvalue weighted by atomic mass is 16.7. The first-order chi connectivity index (χ1) is 7.79. The van der Waals surface area contributed by atoms with E-state index in [2.05, 4.69) is 0 Å². The first-order valence-corrected chi connectivity index (χ1v) is 5.04. The van der Waals surface area contributed by atoms with E-state index >= 15 is 0 Å². The lowest BCUT2D eigenvalue weighted by atomic mass is 10.1. The zero-order valence-corrected chi connectivity index (χ0v) is 8.93. The molecular formula is C12H12O4. The molecule has 4 heteroatoms. The van der Waals surface area contributed by atoms with Gasteiger partial charge in [-0.3, -0.25) is 0 Å². The molecule has 2 rings (SSSR count). The topological polar surface area (TPSA) is 44.8 Å². The van der Waals surface area contributed by atoms with Gasteiger partial charge in [0.1, 0.15) is 11.5 Å². The van der Waals surface area contributed by atoms with Crippen LogP contribution in [0.25, 0.3) is 6.08 Å². The molecule has 0 aliphatic carbocycles. The number of esters is 1. The normalized spacial score (nSPS) is 13.1. The Morgan fingerprint density at radius 2 is 2.38 bits per heavy atom. The Balaban J connectivity index is 2.13. The average Bonchev–Trinajstić information content (AvgIpc) is 2.29. The molecule has 0 unspecified atom stereocenters. The van der Waals surface area contributed by atoms with Crippen molar-refractivity contribution in [2.24, 2.45) is 0 Å². The van der Waals surface area contributed by atoms with Crippen LogP contribution in [0.15, 0.2) is 24.3 Å². The van der Waals surface area contributed by atoms with Crippen molar-refractivity contribution in [3.8, 4) is 11.5 Å². The van der Waals surface area contributed by atoms with Gasteiger partial charge in [0, 0.05) is 17.7 Å². The molecule has 0 saturated heterocycles. The van der Waals surface area contributed by atoms with Gasteiger partial charge in [0.2, 0.25) is 6.79 Å². The highest BCUT2D eigenvalue weighted by molar-refractivity contribution is 5.87. The summed E-state index contributed by atoms with van der Waals surface area (Å²) < 4.78 is 15.2. The molecule has 1 aromatic carbocycles. The van der Waals surface area contributed by atoms with Gasteiger partial charge in [0.25, 0.3) is 0 Å². The van der Waals surface area contributed by atoms with Crippen molar-refractivity contribution in [1.82, 2.24) is 0 Å². The van der Waals surface area contributed by atoms with Gasteiger partial charge in [-0.25, -0.2) is 4.79 Å². The first-order valence-electron chi connectivity index (χ1n) is 5.04. The van der Waals surface area contributed by atoms with Crippen molar-refractivity contribution >= 4 is 12.0 Å². The Kier molecular flexibility index (Phi) is 3.10. The van der Waals surface area contributed by atoms with Gasteiger partial charge < -0.3 is 14.2 Å². The van der Waals surface area contributed by atoms with Crippen molar-refractivity contribution in [1.29, 1.82) is 0 Å². The van der Waals surface area contributed by atoms with E-state index in [1.54, 1.807) is 19.1 Å². The number of fused-ring (bicyclic) bond motifs is 2. The highest BCUT2D eigenvalue weighted by Gasteiger charge is 2.09. The van der Waals surface area contributed by atoms with Crippen LogP contribution < -0.4 is 9.47 Å². The van der Waals surface area contributed by atoms with Crippen LogP contribution in [0.3, 0.4) is 0 Å². The summed E-state index contributed by atoms with van der Waals surface area (Å²) in [6.45, 7) is 2.35. The number of rotatable bonds is 3. The summed E-state index contributed by atoms with van der Waals surface area (Å²) in [4.78, 5) is 11.1. The second-order valence-corrected chi connectivity index (χ2v) is 3.19. The molecule has 0 radical (unpaired) electrons. The number of carbonyl (C=O) groups is 1. The van der Waals surface area contributed by atoms with Crippen LogP contribution in [0, 0.1) is 0 Å². The number of ether oxygens (including phenoxy) is 3. The van der Waals surface area contributed by atoms with Crippen molar-refractivity contribution in [3.05, 3.63) is 29.8 Å². The molecule has 84 valence electrons. The zero-order valence-electron chi connectivity index (χ0n) is 8.93. The van der Waals surface area contributed by atoms with Crippen molar-refractivity contribution in [3.63, 3.8) is 0 Å². The van der Waals surface area contributed by atoms with E-state index in [1.165, 1.54) is 6.08 Å². The van der Waals surface area contributed by atoms with Crippen LogP contribution in [0.2, 0.25) is 0 Å². The number of carbonyl (C=O) groups excluding carboxylic acids is 1. The van der Waals surface area contributed by atoms with Crippen LogP contribution in [0.4, 0.5) is 0 Å². The quantitative estimate of drug-likeness (QED) is 0.577. The van der Waals surface area contributed by atoms with Crippen LogP contribution >= 0.6 is 0 Å². The Hall–Kier alpha value is -1.97. The van der Waals surface area contributed by atoms with Crippen LogP contribution in [0.1, 0.15) is 12.5 Å². The van der Waals surface area contributed by atoms with Crippen LogP contribution in [-0.2, 0) is 9.53 Å². The fraction of sp³-hybridized carbons (Fsp3) is 0.250. The van der Waals surface area contributed by atoms with Gasteiger partial charge >= 0.3 is 5.97 Å². The standard InChI is InChI=1S/C12H12O4/c1-2-14-12(13)6-4-9-3-5-10-7-11(9)16-8-15-10/h3-7H,2,8H2,1H3/b6-4+. The van der Waals surface area contributed by atoms with Crippen LogP contribution in [0.5, 0.6) is 11.5 Å². The molecule has 16 heavy (non-hydrogen) atoms. The van der Waals surface area contributed by atoms with E-state index in [9.17, 15) is 4.79 Å². The minimum Gasteiger partial charge on any atom is -0.463 e. The predicted octanol–water partition coefficient (Wildman–Crippen LogP) is 1.99. The Morgan fingerprint density at radius 1 is 1.50 bits per heavy atom. The molecule has 2 bridgehead atoms. The Morgan fingerprint density at radius 3 is 3.19 bits per heavy atom. The second kappa shape index (κ2) is 4.70. The maximum absolute atomic E-state index is 11.1. The van der Waals surface area contributed by atoms with Crippen molar-refractivity contribution in [2.45, 2.75) is 6.92 Å². The second-order valence-electron chi connectivity index (χ2n) is 3.19. The summed E-state index contributed by atoms with van der Waals surface area (Å²) in [5, 5.41) is 0. The van der Waals surface area contributed by atoms with E-state index < -0.39 is 0 Å². The van der Waals surface area contributed by atoms with E-state index in [1.807, 2.05) is 12.1 Å². The lowest BCUT2D eigenvalue weighted by Gasteiger charge is -2.17. The largest absolute Gasteiger partial charge is 0.463 e. The summed E-state index contributed by atoms with van der Waals surface area (Å²) in [5.74, 6) is 1.13. The molecule has 0 atom stereocenters. The molecular weight excluding hydrogens is 208 g/mol. The zero-order chi connectivity index (χ0) is 11.4. The third-order valence-electron chi connectivity index (χ3n) is 2.11. The van der Waals surface area contributed by atoms with Gasteiger partial charge in [0.15, 0.2) is 0 Å². The summed E-state index contributed by atoms with van der Waals surface area (Å²) >= 11 is 0. The third kappa shape index (κ3) is 2.34. The highest BCUT2D eigenvalue weighted by Crippen LogP contribution is 2.29. The Bertz CT molecular complexity index is 423. The van der Waals surface area contributed by atoms with Gasteiger partial charge in [-0.2, -0.15) is 0 Å². The lowest BCUT2D eigenvalue weighted by Crippen LogP contribution is -2.11. The van der Waals surface area contributed by atoms with E-state index in [4.69, 9.17) is 14.2 Å². The molecule has 0 fully saturated rings. The molecule has 0 amide bonds. The monoisotopic (exact) mass is 220 g/mol. The molecule has 4 nitrogen and oxygen atoms in total. The van der Waals surface area contributed by atoms with Crippen molar-refractivity contribution < 1.29 is 19.0 Å². The predicted molar refractivity (Wildman–Crippen MR) is 58.2 cm³/mol. The van der Waals surface area contributed by atoms with Gasteiger partial charge in [-0.1, -0.05) is 0 Å². The summed E-state index contributed by atoms with van der Waals surface area (Å²) in [6, 6.07) is 5.45. The fourth-order valence-corrected chi connectivity index (χ4v) is 1.38. The van der Waals surface area contributed by atoms with Crippen molar-refractivity contribution in [2.75, 3.05) is 13.4 Å². The maximum Gasteiger partial charge on any atom is 0.330 e. The number of hydrogen-bond acceptors (Lipinski definition) is 4. The molecule has 0 spiro atoms. The van der Waals surface area contributed by atoms with Crippen LogP contribution in [-0.4, -0.2) is 19.4 Å². The maximum atomic E-state index is 11.1. The third-order valence-corrected chi connectivity index (χ3v) is 2.11. The minimum atomic E-state index is -0.356. The minimum absolute atomic E-state index is 0.211. The summed E-state index contributed by atoms with van der Waals surface area (Å²) in [6.07, 6.45) is 3.05. The van der Waals surface area contributed by atoms with Gasteiger partial charge in [-0.15, -0.1) is 0 Å². The summed E-state index contributed by atoms with van der Waals surface area (Å²) in [5.41, 5.74) is 0.833. The average molecular weight is 220 g/mol. The SMILES string of the molecule is CCOC(=O)/C=C/c1ccc2cc1OCO2.